The Bertz CT molecular complexity index is 446. The van der Waals surface area contributed by atoms with Gasteiger partial charge in [0.05, 0.1) is 0 Å². The summed E-state index contributed by atoms with van der Waals surface area (Å²) in [5.74, 6) is 0.0502. The Balaban J connectivity index is 1.95. The monoisotopic (exact) mass is 286 g/mol. The van der Waals surface area contributed by atoms with Gasteiger partial charge in [0.15, 0.2) is 0 Å². The third-order valence-electron chi connectivity index (χ3n) is 3.14. The molecule has 1 fully saturated rings. The van der Waals surface area contributed by atoms with Crippen molar-refractivity contribution >= 4 is 11.9 Å². The maximum absolute atomic E-state index is 12.2. The fraction of sp³-hybridized carbons (Fsp3) is 0.583. The zero-order valence-electron chi connectivity index (χ0n) is 10.7. The first-order chi connectivity index (χ1) is 9.59. The van der Waals surface area contributed by atoms with Crippen molar-refractivity contribution in [2.75, 3.05) is 18.0 Å². The number of hydrogen-bond acceptors (Lipinski definition) is 5. The van der Waals surface area contributed by atoms with Crippen molar-refractivity contribution in [1.82, 2.24) is 15.3 Å². The Morgan fingerprint density at radius 3 is 2.85 bits per heavy atom. The second-order valence-corrected chi connectivity index (χ2v) is 4.55. The number of aromatic nitrogens is 2. The first-order valence-corrected chi connectivity index (χ1v) is 6.37. The number of halogens is 2. The van der Waals surface area contributed by atoms with Crippen molar-refractivity contribution in [3.8, 4) is 0 Å². The second-order valence-electron chi connectivity index (χ2n) is 4.55. The molecule has 1 saturated heterocycles. The molecule has 0 bridgehead atoms. The molecular formula is C12H16F2N4O2. The maximum atomic E-state index is 12.2. The van der Waals surface area contributed by atoms with Crippen molar-refractivity contribution < 1.29 is 18.7 Å². The lowest BCUT2D eigenvalue weighted by molar-refractivity contribution is -0.123. The van der Waals surface area contributed by atoms with E-state index in [4.69, 9.17) is 5.11 Å². The van der Waals surface area contributed by atoms with Gasteiger partial charge in [0.1, 0.15) is 12.1 Å². The molecule has 2 rings (SSSR count). The van der Waals surface area contributed by atoms with Crippen LogP contribution in [0.2, 0.25) is 0 Å². The highest BCUT2D eigenvalue weighted by molar-refractivity contribution is 5.85. The number of amides is 1. The highest BCUT2D eigenvalue weighted by Crippen LogP contribution is 2.21. The van der Waals surface area contributed by atoms with Gasteiger partial charge in [-0.25, -0.2) is 18.7 Å². The van der Waals surface area contributed by atoms with Crippen LogP contribution in [-0.4, -0.2) is 52.6 Å². The lowest BCUT2D eigenvalue weighted by Gasteiger charge is -2.24. The van der Waals surface area contributed by atoms with Crippen molar-refractivity contribution in [2.45, 2.75) is 31.4 Å². The molecule has 0 aliphatic carbocycles. The summed E-state index contributed by atoms with van der Waals surface area (Å²) in [7, 11) is 0. The Labute approximate surface area is 114 Å². The number of nitrogens with one attached hydrogen (secondary N) is 1. The molecule has 0 aromatic carbocycles. The van der Waals surface area contributed by atoms with Crippen molar-refractivity contribution in [3.63, 3.8) is 0 Å². The van der Waals surface area contributed by atoms with Gasteiger partial charge in [0.2, 0.25) is 11.9 Å². The minimum Gasteiger partial charge on any atom is -0.385 e. The molecule has 6 nitrogen and oxygen atoms in total. The molecule has 1 aliphatic rings. The van der Waals surface area contributed by atoms with Crippen molar-refractivity contribution in [3.05, 3.63) is 18.5 Å². The molecule has 110 valence electrons. The average Bonchev–Trinajstić information content (AvgIpc) is 2.94. The molecule has 2 unspecified atom stereocenters. The van der Waals surface area contributed by atoms with Gasteiger partial charge >= 0.3 is 0 Å². The molecule has 1 aliphatic heterocycles. The number of anilines is 1. The van der Waals surface area contributed by atoms with E-state index in [-0.39, 0.29) is 0 Å². The molecule has 2 atom stereocenters. The van der Waals surface area contributed by atoms with Crippen molar-refractivity contribution in [1.29, 1.82) is 0 Å². The predicted molar refractivity (Wildman–Crippen MR) is 67.4 cm³/mol. The summed E-state index contributed by atoms with van der Waals surface area (Å²) < 4.78 is 24.3. The molecule has 20 heavy (non-hydrogen) atoms. The molecule has 0 radical (unpaired) electrons. The highest BCUT2D eigenvalue weighted by Gasteiger charge is 2.32. The van der Waals surface area contributed by atoms with Gasteiger partial charge in [-0.3, -0.25) is 4.79 Å². The Kier molecular flexibility index (Phi) is 4.78. The Morgan fingerprint density at radius 1 is 1.50 bits per heavy atom. The molecule has 1 aromatic heterocycles. The lowest BCUT2D eigenvalue weighted by Crippen LogP contribution is -2.46. The normalized spacial score (nSPS) is 20.2. The summed E-state index contributed by atoms with van der Waals surface area (Å²) in [6.07, 6.45) is -0.149. The largest absolute Gasteiger partial charge is 0.385 e. The third kappa shape index (κ3) is 3.38. The summed E-state index contributed by atoms with van der Waals surface area (Å²) in [6, 6.07) is 1.19. The second kappa shape index (κ2) is 6.56. The van der Waals surface area contributed by atoms with Gasteiger partial charge in [-0.15, -0.1) is 0 Å². The molecule has 2 N–H and O–H groups in total. The van der Waals surface area contributed by atoms with Crippen LogP contribution in [0.4, 0.5) is 14.7 Å². The van der Waals surface area contributed by atoms with E-state index in [1.54, 1.807) is 23.4 Å². The molecule has 1 amide bonds. The number of carbonyl (C=O) groups excluding carboxylic acids is 1. The van der Waals surface area contributed by atoms with E-state index >= 15 is 0 Å². The maximum Gasteiger partial charge on any atom is 0.265 e. The van der Waals surface area contributed by atoms with E-state index in [1.165, 1.54) is 0 Å². The smallest absolute Gasteiger partial charge is 0.265 e. The number of hydrogen-bond donors (Lipinski definition) is 2. The van der Waals surface area contributed by atoms with E-state index in [2.05, 4.69) is 15.3 Å². The van der Waals surface area contributed by atoms with Crippen LogP contribution in [-0.2, 0) is 4.79 Å². The zero-order chi connectivity index (χ0) is 14.5. The van der Waals surface area contributed by atoms with Gasteiger partial charge in [-0.05, 0) is 18.9 Å². The highest BCUT2D eigenvalue weighted by atomic mass is 19.3. The molecule has 0 spiro atoms. The van der Waals surface area contributed by atoms with E-state index < -0.39 is 31.0 Å². The van der Waals surface area contributed by atoms with E-state index in [1.807, 2.05) is 0 Å². The molecule has 8 heteroatoms. The summed E-state index contributed by atoms with van der Waals surface area (Å²) >= 11 is 0. The number of aliphatic hydroxyl groups is 1. The van der Waals surface area contributed by atoms with E-state index in [0.717, 1.165) is 6.42 Å². The van der Waals surface area contributed by atoms with Crippen LogP contribution in [0.5, 0.6) is 0 Å². The van der Waals surface area contributed by atoms with Crippen LogP contribution in [0.3, 0.4) is 0 Å². The number of alkyl halides is 2. The van der Waals surface area contributed by atoms with Gasteiger partial charge in [0, 0.05) is 25.5 Å². The molecule has 0 saturated carbocycles. The molecular weight excluding hydrogens is 270 g/mol. The minimum absolute atomic E-state index is 0.394. The van der Waals surface area contributed by atoms with E-state index in [9.17, 15) is 13.6 Å². The number of aliphatic hydroxyl groups excluding tert-OH is 1. The fourth-order valence-electron chi connectivity index (χ4n) is 2.13. The SMILES string of the molecule is O=C(NCC(O)C(F)F)C1CCCN1c1ncccn1. The van der Waals surface area contributed by atoms with Gasteiger partial charge in [-0.2, -0.15) is 0 Å². The summed E-state index contributed by atoms with van der Waals surface area (Å²) in [6.45, 7) is 0.177. The number of carbonyl (C=O) groups is 1. The zero-order valence-corrected chi connectivity index (χ0v) is 10.7. The van der Waals surface area contributed by atoms with Crippen molar-refractivity contribution in [2.24, 2.45) is 0 Å². The number of nitrogens with zero attached hydrogens (tertiary/aromatic N) is 3. The predicted octanol–water partition coefficient (Wildman–Crippen LogP) is 0.188. The lowest BCUT2D eigenvalue weighted by atomic mass is 10.2. The average molecular weight is 286 g/mol. The van der Waals surface area contributed by atoms with E-state index in [0.29, 0.717) is 18.9 Å². The topological polar surface area (TPSA) is 78.4 Å². The fourth-order valence-corrected chi connectivity index (χ4v) is 2.13. The van der Waals surface area contributed by atoms with Crippen LogP contribution in [0.1, 0.15) is 12.8 Å². The standard InChI is InChI=1S/C12H16F2N4O2/c13-10(14)9(19)7-17-11(20)8-3-1-6-18(8)12-15-4-2-5-16-12/h2,4-5,8-10,19H,1,3,6-7H2,(H,17,20). The van der Waals surface area contributed by atoms with Crippen LogP contribution in [0.15, 0.2) is 18.5 Å². The Morgan fingerprint density at radius 2 is 2.20 bits per heavy atom. The van der Waals surface area contributed by atoms with Crippen LogP contribution >= 0.6 is 0 Å². The quantitative estimate of drug-likeness (QED) is 0.808. The summed E-state index contributed by atoms with van der Waals surface area (Å²) in [4.78, 5) is 21.9. The van der Waals surface area contributed by atoms with Gasteiger partial charge in [-0.1, -0.05) is 0 Å². The van der Waals surface area contributed by atoms with Gasteiger partial charge in [0.25, 0.3) is 6.43 Å². The molecule has 2 heterocycles. The van der Waals surface area contributed by atoms with Crippen LogP contribution in [0.25, 0.3) is 0 Å². The summed E-state index contributed by atoms with van der Waals surface area (Å²) in [5.41, 5.74) is 0. The first-order valence-electron chi connectivity index (χ1n) is 6.37. The van der Waals surface area contributed by atoms with Gasteiger partial charge < -0.3 is 15.3 Å². The van der Waals surface area contributed by atoms with Crippen LogP contribution in [0, 0.1) is 0 Å². The number of rotatable bonds is 5. The third-order valence-corrected chi connectivity index (χ3v) is 3.14. The Hall–Kier alpha value is -1.83. The minimum atomic E-state index is -2.87. The first kappa shape index (κ1) is 14.6. The van der Waals surface area contributed by atoms with Crippen LogP contribution < -0.4 is 10.2 Å². The molecule has 1 aromatic rings. The summed E-state index contributed by atoms with van der Waals surface area (Å²) in [5, 5.41) is 11.3.